The molecule has 2 N–H and O–H groups in total. The molecule has 1 aromatic rings. The Labute approximate surface area is 81.6 Å². The Kier molecular flexibility index (Phi) is 2.18. The first-order valence-electron chi connectivity index (χ1n) is 5.51. The van der Waals surface area contributed by atoms with Gasteiger partial charge in [-0.05, 0) is 31.6 Å². The van der Waals surface area contributed by atoms with Crippen LogP contribution < -0.4 is 5.32 Å². The predicted octanol–water partition coefficient (Wildman–Crippen LogP) is 1.47. The summed E-state index contributed by atoms with van der Waals surface area (Å²) in [7, 11) is 0. The lowest BCUT2D eigenvalue weighted by Crippen LogP contribution is -2.28. The van der Waals surface area contributed by atoms with Gasteiger partial charge in [0.2, 0.25) is 0 Å². The lowest BCUT2D eigenvalue weighted by atomic mass is 10.0. The van der Waals surface area contributed by atoms with Crippen LogP contribution in [-0.4, -0.2) is 18.1 Å². The minimum atomic E-state index is -2.31. The smallest absolute Gasteiger partial charge is 0.123 e. The van der Waals surface area contributed by atoms with Gasteiger partial charge >= 0.3 is 0 Å². The van der Waals surface area contributed by atoms with Crippen molar-refractivity contribution in [3.05, 3.63) is 35.6 Å². The number of hydrogen-bond donors (Lipinski definition) is 2. The van der Waals surface area contributed by atoms with Crippen molar-refractivity contribution in [1.82, 2.24) is 5.32 Å². The van der Waals surface area contributed by atoms with Gasteiger partial charge in [-0.1, -0.05) is 12.1 Å². The van der Waals surface area contributed by atoms with Gasteiger partial charge in [0.15, 0.2) is 0 Å². The van der Waals surface area contributed by atoms with E-state index in [1.54, 1.807) is 6.92 Å². The summed E-state index contributed by atoms with van der Waals surface area (Å²) in [6, 6.07) is 4.66. The first kappa shape index (κ1) is 6.51. The maximum absolute atomic E-state index is 12.6. The highest BCUT2D eigenvalue weighted by Gasteiger charge is 2.13. The van der Waals surface area contributed by atoms with Crippen LogP contribution >= 0.6 is 0 Å². The van der Waals surface area contributed by atoms with E-state index in [9.17, 15) is 9.50 Å². The molecule has 13 heavy (non-hydrogen) atoms. The average Bonchev–Trinajstić information content (AvgIpc) is 2.15. The number of likely N-dealkylation sites (N-methyl/N-ethyl adjacent to an activating group) is 1. The van der Waals surface area contributed by atoms with Crippen molar-refractivity contribution in [2.45, 2.75) is 19.1 Å². The fourth-order valence-corrected chi connectivity index (χ4v) is 1.03. The van der Waals surface area contributed by atoms with Crippen molar-refractivity contribution in [3.8, 4) is 0 Å². The molecule has 0 unspecified atom stereocenters. The van der Waals surface area contributed by atoms with Crippen molar-refractivity contribution in [2.75, 3.05) is 6.98 Å². The van der Waals surface area contributed by atoms with Crippen LogP contribution in [-0.2, 0) is 0 Å². The van der Waals surface area contributed by atoms with Crippen LogP contribution in [0.4, 0.5) is 4.39 Å². The Morgan fingerprint density at radius 3 is 2.62 bits per heavy atom. The Balaban J connectivity index is 2.70. The van der Waals surface area contributed by atoms with Crippen molar-refractivity contribution in [2.24, 2.45) is 0 Å². The van der Waals surface area contributed by atoms with Crippen LogP contribution in [0.3, 0.4) is 0 Å². The van der Waals surface area contributed by atoms with Crippen LogP contribution in [0.5, 0.6) is 0 Å². The number of halogens is 1. The molecule has 0 bridgehead atoms. The van der Waals surface area contributed by atoms with Crippen molar-refractivity contribution in [3.63, 3.8) is 0 Å². The predicted molar refractivity (Wildman–Crippen MR) is 49.9 cm³/mol. The summed E-state index contributed by atoms with van der Waals surface area (Å²) in [5.41, 5.74) is 0.477. The highest BCUT2D eigenvalue weighted by molar-refractivity contribution is 5.19. The number of aliphatic hydroxyl groups excluding tert-OH is 1. The molecular weight excluding hydrogens is 169 g/mol. The fraction of sp³-hybridized carbons (Fsp3) is 0.400. The van der Waals surface area contributed by atoms with Gasteiger partial charge < -0.3 is 10.4 Å². The second-order valence-electron chi connectivity index (χ2n) is 2.93. The number of aliphatic hydroxyl groups is 1. The van der Waals surface area contributed by atoms with E-state index in [4.69, 9.17) is 4.11 Å². The molecule has 0 saturated heterocycles. The summed E-state index contributed by atoms with van der Waals surface area (Å²) >= 11 is 0. The van der Waals surface area contributed by atoms with Gasteiger partial charge in [-0.3, -0.25) is 0 Å². The normalized spacial score (nSPS) is 19.8. The third-order valence-corrected chi connectivity index (χ3v) is 1.91. The van der Waals surface area contributed by atoms with E-state index in [1.807, 2.05) is 0 Å². The van der Waals surface area contributed by atoms with Gasteiger partial charge in [-0.25, -0.2) is 4.39 Å². The van der Waals surface area contributed by atoms with E-state index in [0.717, 1.165) is 0 Å². The van der Waals surface area contributed by atoms with Gasteiger partial charge in [0.25, 0.3) is 0 Å². The molecule has 0 spiro atoms. The molecule has 2 atom stereocenters. The second kappa shape index (κ2) is 4.35. The molecule has 0 saturated carbocycles. The Morgan fingerprint density at radius 2 is 2.08 bits per heavy atom. The molecule has 3 heteroatoms. The number of rotatable bonds is 3. The molecule has 2 nitrogen and oxygen atoms in total. The van der Waals surface area contributed by atoms with Gasteiger partial charge in [0.05, 0.1) is 6.10 Å². The second-order valence-corrected chi connectivity index (χ2v) is 2.93. The van der Waals surface area contributed by atoms with E-state index in [1.165, 1.54) is 24.3 Å². The molecular formula is C10H14FNO. The Hall–Kier alpha value is -0.930. The third kappa shape index (κ3) is 2.50. The van der Waals surface area contributed by atoms with Crippen LogP contribution in [0.2, 0.25) is 0 Å². The van der Waals surface area contributed by atoms with E-state index in [0.29, 0.717) is 5.56 Å². The maximum Gasteiger partial charge on any atom is 0.123 e. The maximum atomic E-state index is 12.6. The monoisotopic (exact) mass is 186 g/mol. The van der Waals surface area contributed by atoms with Gasteiger partial charge in [-0.2, -0.15) is 0 Å². The highest BCUT2D eigenvalue weighted by Crippen LogP contribution is 2.16. The average molecular weight is 186 g/mol. The van der Waals surface area contributed by atoms with E-state index in [2.05, 4.69) is 5.32 Å². The molecule has 0 amide bonds. The minimum Gasteiger partial charge on any atom is -0.387 e. The molecule has 0 aliphatic carbocycles. The SMILES string of the molecule is [2H]C([2H])([2H])N[C@H](C)[C@@H](O)c1ccc(F)cc1. The fourth-order valence-electron chi connectivity index (χ4n) is 1.03. The topological polar surface area (TPSA) is 32.3 Å². The summed E-state index contributed by atoms with van der Waals surface area (Å²) in [6.45, 7) is -0.749. The van der Waals surface area contributed by atoms with Crippen LogP contribution in [0.1, 0.15) is 22.7 Å². The van der Waals surface area contributed by atoms with Crippen LogP contribution in [0, 0.1) is 5.82 Å². The van der Waals surface area contributed by atoms with E-state index < -0.39 is 24.9 Å². The quantitative estimate of drug-likeness (QED) is 0.749. The number of nitrogens with one attached hydrogen (secondary N) is 1. The summed E-state index contributed by atoms with van der Waals surface area (Å²) in [4.78, 5) is 0. The summed E-state index contributed by atoms with van der Waals surface area (Å²) in [5, 5.41) is 12.1. The lowest BCUT2D eigenvalue weighted by Gasteiger charge is -2.18. The molecule has 72 valence electrons. The Morgan fingerprint density at radius 1 is 1.46 bits per heavy atom. The zero-order valence-corrected chi connectivity index (χ0v) is 7.29. The van der Waals surface area contributed by atoms with Crippen molar-refractivity contribution < 1.29 is 13.6 Å². The minimum absolute atomic E-state index is 0.396. The first-order chi connectivity index (χ1) is 7.29. The van der Waals surface area contributed by atoms with E-state index in [-0.39, 0.29) is 0 Å². The zero-order chi connectivity index (χ0) is 12.3. The molecule has 0 aromatic heterocycles. The van der Waals surface area contributed by atoms with Gasteiger partial charge in [0, 0.05) is 10.2 Å². The largest absolute Gasteiger partial charge is 0.387 e. The molecule has 0 heterocycles. The third-order valence-electron chi connectivity index (χ3n) is 1.91. The standard InChI is InChI=1S/C10H14FNO/c1-7(12-2)10(13)8-3-5-9(11)6-4-8/h3-7,10,12-13H,1-2H3/t7-,10-/m1/s1/i2D3. The first-order valence-corrected chi connectivity index (χ1v) is 4.01. The highest BCUT2D eigenvalue weighted by atomic mass is 19.1. The molecule has 0 aliphatic rings. The van der Waals surface area contributed by atoms with Crippen LogP contribution in [0.15, 0.2) is 24.3 Å². The van der Waals surface area contributed by atoms with E-state index >= 15 is 0 Å². The number of hydrogen-bond acceptors (Lipinski definition) is 2. The summed E-state index contributed by atoms with van der Waals surface area (Å²) in [6.07, 6.45) is -0.985. The Bertz CT molecular complexity index is 339. The molecule has 1 rings (SSSR count). The molecule has 0 aliphatic heterocycles. The zero-order valence-electron chi connectivity index (χ0n) is 10.3. The molecule has 0 fully saturated rings. The van der Waals surface area contributed by atoms with Crippen LogP contribution in [0.25, 0.3) is 0 Å². The van der Waals surface area contributed by atoms with Gasteiger partial charge in [0.1, 0.15) is 5.82 Å². The number of benzene rings is 1. The molecule has 0 radical (unpaired) electrons. The molecule has 1 aromatic carbocycles. The summed E-state index contributed by atoms with van der Waals surface area (Å²) in [5.74, 6) is -0.396. The lowest BCUT2D eigenvalue weighted by molar-refractivity contribution is 0.140. The van der Waals surface area contributed by atoms with Gasteiger partial charge in [-0.15, -0.1) is 0 Å². The summed E-state index contributed by atoms with van der Waals surface area (Å²) < 4.78 is 33.6. The van der Waals surface area contributed by atoms with Crippen molar-refractivity contribution in [1.29, 1.82) is 0 Å². The van der Waals surface area contributed by atoms with Crippen molar-refractivity contribution >= 4 is 0 Å².